The van der Waals surface area contributed by atoms with Crippen molar-refractivity contribution in [1.82, 2.24) is 15.2 Å². The lowest BCUT2D eigenvalue weighted by molar-refractivity contribution is -0.130. The number of amides is 2. The van der Waals surface area contributed by atoms with E-state index < -0.39 is 0 Å². The minimum absolute atomic E-state index is 0.0511. The Morgan fingerprint density at radius 3 is 2.63 bits per heavy atom. The number of nitrogens with zero attached hydrogens (tertiary/aromatic N) is 2. The van der Waals surface area contributed by atoms with Crippen LogP contribution in [-0.4, -0.2) is 34.8 Å². The van der Waals surface area contributed by atoms with Gasteiger partial charge in [-0.2, -0.15) is 0 Å². The first-order chi connectivity index (χ1) is 13.2. The van der Waals surface area contributed by atoms with Crippen molar-refractivity contribution < 1.29 is 9.59 Å². The van der Waals surface area contributed by atoms with Gasteiger partial charge in [0.05, 0.1) is 0 Å². The number of hydrogen-bond donors (Lipinski definition) is 1. The Bertz CT molecular complexity index is 734. The van der Waals surface area contributed by atoms with Crippen LogP contribution in [0, 0.1) is 5.92 Å². The van der Waals surface area contributed by atoms with Crippen molar-refractivity contribution in [3.8, 4) is 0 Å². The lowest BCUT2D eigenvalue weighted by Gasteiger charge is -2.16. The van der Waals surface area contributed by atoms with Gasteiger partial charge in [0.15, 0.2) is 0 Å². The molecule has 1 saturated heterocycles. The smallest absolute Gasteiger partial charge is 0.222 e. The van der Waals surface area contributed by atoms with Gasteiger partial charge in [-0.25, -0.2) is 0 Å². The molecule has 1 aliphatic rings. The molecule has 5 heteroatoms. The predicted octanol–water partition coefficient (Wildman–Crippen LogP) is 2.96. The quantitative estimate of drug-likeness (QED) is 0.782. The molecule has 1 atom stereocenters. The summed E-state index contributed by atoms with van der Waals surface area (Å²) in [6.45, 7) is 2.00. The Morgan fingerprint density at radius 2 is 1.85 bits per heavy atom. The molecule has 0 aliphatic carbocycles. The molecule has 2 aromatic rings. The number of aromatic nitrogens is 1. The molecule has 5 nitrogen and oxygen atoms in total. The molecule has 0 bridgehead atoms. The van der Waals surface area contributed by atoms with Gasteiger partial charge in [0.2, 0.25) is 11.8 Å². The van der Waals surface area contributed by atoms with Gasteiger partial charge in [-0.1, -0.05) is 30.3 Å². The lowest BCUT2D eigenvalue weighted by atomic mass is 10.0. The Morgan fingerprint density at radius 1 is 1.07 bits per heavy atom. The lowest BCUT2D eigenvalue weighted by Crippen LogP contribution is -2.30. The average Bonchev–Trinajstić information content (AvgIpc) is 3.16. The number of pyridine rings is 1. The maximum atomic E-state index is 12.4. The third kappa shape index (κ3) is 6.20. The predicted molar refractivity (Wildman–Crippen MR) is 105 cm³/mol. The Labute approximate surface area is 160 Å². The Kier molecular flexibility index (Phi) is 6.97. The molecule has 1 fully saturated rings. The molecule has 2 amide bonds. The normalized spacial score (nSPS) is 16.3. The van der Waals surface area contributed by atoms with Gasteiger partial charge in [0, 0.05) is 44.9 Å². The van der Waals surface area contributed by atoms with Crippen LogP contribution in [0.1, 0.15) is 36.8 Å². The fraction of sp³-hybridized carbons (Fsp3) is 0.409. The van der Waals surface area contributed by atoms with Crippen LogP contribution in [-0.2, 0) is 22.6 Å². The van der Waals surface area contributed by atoms with Crippen molar-refractivity contribution in [2.24, 2.45) is 5.92 Å². The van der Waals surface area contributed by atoms with Crippen LogP contribution in [0.2, 0.25) is 0 Å². The van der Waals surface area contributed by atoms with Crippen molar-refractivity contribution in [2.75, 3.05) is 13.1 Å². The molecule has 142 valence electrons. The molecular weight excluding hydrogens is 338 g/mol. The Hall–Kier alpha value is -2.69. The fourth-order valence-electron chi connectivity index (χ4n) is 3.51. The standard InChI is InChI=1S/C22H27N3O2/c26-21(24-16-19-9-12-23-13-10-19)15-20-11-14-25(17-20)22(27)8-4-7-18-5-2-1-3-6-18/h1-3,5-6,9-10,12-13,20H,4,7-8,11,14-17H2,(H,24,26). The first-order valence-corrected chi connectivity index (χ1v) is 9.68. The van der Waals surface area contributed by atoms with Crippen molar-refractivity contribution in [2.45, 2.75) is 38.6 Å². The molecule has 3 rings (SSSR count). The number of rotatable bonds is 8. The highest BCUT2D eigenvalue weighted by atomic mass is 16.2. The van der Waals surface area contributed by atoms with Crippen molar-refractivity contribution in [1.29, 1.82) is 0 Å². The van der Waals surface area contributed by atoms with E-state index in [4.69, 9.17) is 0 Å². The number of aryl methyl sites for hydroxylation is 1. The van der Waals surface area contributed by atoms with Gasteiger partial charge in [-0.3, -0.25) is 14.6 Å². The molecule has 0 spiro atoms. The number of benzene rings is 1. The first-order valence-electron chi connectivity index (χ1n) is 9.68. The number of carbonyl (C=O) groups is 2. The first kappa shape index (κ1) is 19.1. The van der Waals surface area contributed by atoms with Crippen LogP contribution in [0.25, 0.3) is 0 Å². The van der Waals surface area contributed by atoms with Gasteiger partial charge >= 0.3 is 0 Å². The van der Waals surface area contributed by atoms with Crippen molar-refractivity contribution >= 4 is 11.8 Å². The Balaban J connectivity index is 1.34. The maximum absolute atomic E-state index is 12.4. The van der Waals surface area contributed by atoms with Crippen LogP contribution in [0.15, 0.2) is 54.9 Å². The SMILES string of the molecule is O=C(CC1CCN(C(=O)CCCc2ccccc2)C1)NCc1ccncc1. The third-order valence-electron chi connectivity index (χ3n) is 5.05. The topological polar surface area (TPSA) is 62.3 Å². The molecule has 27 heavy (non-hydrogen) atoms. The second kappa shape index (κ2) is 9.86. The van der Waals surface area contributed by atoms with E-state index in [2.05, 4.69) is 22.4 Å². The zero-order valence-electron chi connectivity index (χ0n) is 15.6. The summed E-state index contributed by atoms with van der Waals surface area (Å²) in [6.07, 6.45) is 7.22. The number of nitrogens with one attached hydrogen (secondary N) is 1. The molecule has 1 aromatic heterocycles. The molecule has 2 heterocycles. The maximum Gasteiger partial charge on any atom is 0.222 e. The second-order valence-corrected chi connectivity index (χ2v) is 7.17. The van der Waals surface area contributed by atoms with E-state index in [1.807, 2.05) is 35.2 Å². The highest BCUT2D eigenvalue weighted by Gasteiger charge is 2.27. The van der Waals surface area contributed by atoms with Gasteiger partial charge < -0.3 is 10.2 Å². The fourth-order valence-corrected chi connectivity index (χ4v) is 3.51. The van der Waals surface area contributed by atoms with Gasteiger partial charge in [0.25, 0.3) is 0 Å². The summed E-state index contributed by atoms with van der Waals surface area (Å²) in [6, 6.07) is 14.1. The molecule has 0 saturated carbocycles. The highest BCUT2D eigenvalue weighted by molar-refractivity contribution is 5.78. The summed E-state index contributed by atoms with van der Waals surface area (Å²) in [5, 5.41) is 2.95. The van der Waals surface area contributed by atoms with Gasteiger partial charge in [0.1, 0.15) is 0 Å². The molecule has 1 N–H and O–H groups in total. The molecular formula is C22H27N3O2. The zero-order valence-corrected chi connectivity index (χ0v) is 15.6. The number of carbonyl (C=O) groups excluding carboxylic acids is 2. The summed E-state index contributed by atoms with van der Waals surface area (Å²) in [5.41, 5.74) is 2.32. The van der Waals surface area contributed by atoms with E-state index in [1.165, 1.54) is 5.56 Å². The van der Waals surface area contributed by atoms with E-state index in [-0.39, 0.29) is 17.7 Å². The van der Waals surface area contributed by atoms with Crippen LogP contribution >= 0.6 is 0 Å². The monoisotopic (exact) mass is 365 g/mol. The summed E-state index contributed by atoms with van der Waals surface area (Å²) in [7, 11) is 0. The average molecular weight is 365 g/mol. The van der Waals surface area contributed by atoms with Crippen molar-refractivity contribution in [3.63, 3.8) is 0 Å². The number of hydrogen-bond acceptors (Lipinski definition) is 3. The van der Waals surface area contributed by atoms with E-state index in [1.54, 1.807) is 12.4 Å². The molecule has 1 aliphatic heterocycles. The molecule has 1 aromatic carbocycles. The zero-order chi connectivity index (χ0) is 18.9. The van der Waals surface area contributed by atoms with Gasteiger partial charge in [-0.05, 0) is 48.4 Å². The van der Waals surface area contributed by atoms with Crippen molar-refractivity contribution in [3.05, 3.63) is 66.0 Å². The van der Waals surface area contributed by atoms with E-state index in [0.29, 0.717) is 25.9 Å². The van der Waals surface area contributed by atoms with Gasteiger partial charge in [-0.15, -0.1) is 0 Å². The van der Waals surface area contributed by atoms with E-state index in [0.717, 1.165) is 31.4 Å². The molecule has 1 unspecified atom stereocenters. The summed E-state index contributed by atoms with van der Waals surface area (Å²) in [4.78, 5) is 30.4. The summed E-state index contributed by atoms with van der Waals surface area (Å²) in [5.74, 6) is 0.529. The summed E-state index contributed by atoms with van der Waals surface area (Å²) >= 11 is 0. The van der Waals surface area contributed by atoms with Crippen LogP contribution in [0.4, 0.5) is 0 Å². The van der Waals surface area contributed by atoms with Crippen LogP contribution in [0.3, 0.4) is 0 Å². The minimum Gasteiger partial charge on any atom is -0.352 e. The van der Waals surface area contributed by atoms with Crippen LogP contribution < -0.4 is 5.32 Å². The number of likely N-dealkylation sites (tertiary alicyclic amines) is 1. The van der Waals surface area contributed by atoms with E-state index >= 15 is 0 Å². The summed E-state index contributed by atoms with van der Waals surface area (Å²) < 4.78 is 0. The highest BCUT2D eigenvalue weighted by Crippen LogP contribution is 2.21. The molecule has 0 radical (unpaired) electrons. The second-order valence-electron chi connectivity index (χ2n) is 7.17. The largest absolute Gasteiger partial charge is 0.352 e. The minimum atomic E-state index is 0.0511. The third-order valence-corrected chi connectivity index (χ3v) is 5.05. The van der Waals surface area contributed by atoms with Crippen LogP contribution in [0.5, 0.6) is 0 Å². The van der Waals surface area contributed by atoms with E-state index in [9.17, 15) is 9.59 Å².